The van der Waals surface area contributed by atoms with Crippen LogP contribution in [0.1, 0.15) is 52.4 Å². The van der Waals surface area contributed by atoms with Crippen molar-refractivity contribution >= 4 is 0 Å². The summed E-state index contributed by atoms with van der Waals surface area (Å²) >= 11 is 0. The molecule has 0 aromatic heterocycles. The zero-order valence-corrected chi connectivity index (χ0v) is 13.3. The van der Waals surface area contributed by atoms with Gasteiger partial charge in [-0.15, -0.1) is 0 Å². The SMILES string of the molecule is COCCN(CCNC1CCCCCC1)CC(C)C. The van der Waals surface area contributed by atoms with Crippen LogP contribution < -0.4 is 5.32 Å². The van der Waals surface area contributed by atoms with E-state index in [1.54, 1.807) is 7.11 Å². The van der Waals surface area contributed by atoms with E-state index in [4.69, 9.17) is 4.74 Å². The van der Waals surface area contributed by atoms with E-state index in [0.717, 1.165) is 38.2 Å². The van der Waals surface area contributed by atoms with Crippen LogP contribution in [0.4, 0.5) is 0 Å². The molecule has 114 valence electrons. The first-order valence-corrected chi connectivity index (χ1v) is 8.17. The fourth-order valence-electron chi connectivity index (χ4n) is 2.94. The molecule has 0 atom stereocenters. The number of hydrogen-bond donors (Lipinski definition) is 1. The van der Waals surface area contributed by atoms with E-state index < -0.39 is 0 Å². The van der Waals surface area contributed by atoms with Gasteiger partial charge in [0.05, 0.1) is 6.61 Å². The zero-order valence-electron chi connectivity index (χ0n) is 13.3. The van der Waals surface area contributed by atoms with E-state index in [1.807, 2.05) is 0 Å². The predicted molar refractivity (Wildman–Crippen MR) is 82.6 cm³/mol. The molecule has 0 aromatic rings. The van der Waals surface area contributed by atoms with E-state index in [-0.39, 0.29) is 0 Å². The first-order valence-electron chi connectivity index (χ1n) is 8.17. The molecule has 0 bridgehead atoms. The summed E-state index contributed by atoms with van der Waals surface area (Å²) in [7, 11) is 1.79. The maximum absolute atomic E-state index is 5.20. The number of nitrogens with one attached hydrogen (secondary N) is 1. The van der Waals surface area contributed by atoms with Crippen molar-refractivity contribution in [2.24, 2.45) is 5.92 Å². The fraction of sp³-hybridized carbons (Fsp3) is 1.00. The molecule has 1 aliphatic rings. The molecule has 1 aliphatic carbocycles. The summed E-state index contributed by atoms with van der Waals surface area (Å²) in [6.07, 6.45) is 8.45. The molecule has 0 unspecified atom stereocenters. The highest BCUT2D eigenvalue weighted by atomic mass is 16.5. The lowest BCUT2D eigenvalue weighted by atomic mass is 10.1. The summed E-state index contributed by atoms with van der Waals surface area (Å²) in [5.41, 5.74) is 0. The van der Waals surface area contributed by atoms with Crippen molar-refractivity contribution in [1.29, 1.82) is 0 Å². The Labute approximate surface area is 120 Å². The van der Waals surface area contributed by atoms with Crippen molar-refractivity contribution in [2.75, 3.05) is 39.9 Å². The Morgan fingerprint density at radius 3 is 2.37 bits per heavy atom. The maximum Gasteiger partial charge on any atom is 0.0589 e. The molecule has 1 saturated carbocycles. The summed E-state index contributed by atoms with van der Waals surface area (Å²) in [6.45, 7) is 9.93. The second-order valence-corrected chi connectivity index (χ2v) is 6.33. The Morgan fingerprint density at radius 1 is 1.11 bits per heavy atom. The second kappa shape index (κ2) is 10.6. The third kappa shape index (κ3) is 8.61. The average Bonchev–Trinajstić information content (AvgIpc) is 2.64. The van der Waals surface area contributed by atoms with Crippen LogP contribution >= 0.6 is 0 Å². The van der Waals surface area contributed by atoms with Gasteiger partial charge in [0.15, 0.2) is 0 Å². The molecule has 19 heavy (non-hydrogen) atoms. The van der Waals surface area contributed by atoms with Crippen LogP contribution in [0, 0.1) is 5.92 Å². The van der Waals surface area contributed by atoms with Gasteiger partial charge < -0.3 is 10.1 Å². The molecule has 1 rings (SSSR count). The van der Waals surface area contributed by atoms with Crippen LogP contribution in [0.25, 0.3) is 0 Å². The molecule has 0 spiro atoms. The third-order valence-corrected chi connectivity index (χ3v) is 3.95. The normalized spacial score (nSPS) is 18.2. The summed E-state index contributed by atoms with van der Waals surface area (Å²) in [5.74, 6) is 0.731. The molecule has 0 saturated heterocycles. The third-order valence-electron chi connectivity index (χ3n) is 3.95. The fourth-order valence-corrected chi connectivity index (χ4v) is 2.94. The highest BCUT2D eigenvalue weighted by Gasteiger charge is 2.12. The van der Waals surface area contributed by atoms with Crippen LogP contribution in [0.3, 0.4) is 0 Å². The van der Waals surface area contributed by atoms with Crippen molar-refractivity contribution in [3.05, 3.63) is 0 Å². The van der Waals surface area contributed by atoms with Crippen LogP contribution in [-0.4, -0.2) is 50.8 Å². The second-order valence-electron chi connectivity index (χ2n) is 6.33. The highest BCUT2D eigenvalue weighted by Crippen LogP contribution is 2.16. The number of methoxy groups -OCH3 is 1. The lowest BCUT2D eigenvalue weighted by Crippen LogP contribution is -2.39. The van der Waals surface area contributed by atoms with E-state index >= 15 is 0 Å². The molecule has 0 aliphatic heterocycles. The largest absolute Gasteiger partial charge is 0.383 e. The lowest BCUT2D eigenvalue weighted by Gasteiger charge is -2.25. The zero-order chi connectivity index (χ0) is 13.9. The van der Waals surface area contributed by atoms with Crippen molar-refractivity contribution in [1.82, 2.24) is 10.2 Å². The Balaban J connectivity index is 2.18. The van der Waals surface area contributed by atoms with E-state index in [0.29, 0.717) is 0 Å². The van der Waals surface area contributed by atoms with Crippen molar-refractivity contribution in [3.8, 4) is 0 Å². The molecule has 0 aromatic carbocycles. The Morgan fingerprint density at radius 2 is 1.79 bits per heavy atom. The van der Waals surface area contributed by atoms with Gasteiger partial charge in [-0.3, -0.25) is 4.90 Å². The van der Waals surface area contributed by atoms with Gasteiger partial charge in [0.25, 0.3) is 0 Å². The molecule has 0 heterocycles. The van der Waals surface area contributed by atoms with Gasteiger partial charge in [0.2, 0.25) is 0 Å². The van der Waals surface area contributed by atoms with Crippen molar-refractivity contribution in [2.45, 2.75) is 58.4 Å². The molecular weight excluding hydrogens is 236 g/mol. The van der Waals surface area contributed by atoms with Gasteiger partial charge in [-0.1, -0.05) is 39.5 Å². The number of rotatable bonds is 9. The van der Waals surface area contributed by atoms with Gasteiger partial charge in [-0.2, -0.15) is 0 Å². The van der Waals surface area contributed by atoms with Crippen LogP contribution in [0.15, 0.2) is 0 Å². The van der Waals surface area contributed by atoms with Crippen LogP contribution in [-0.2, 0) is 4.74 Å². The van der Waals surface area contributed by atoms with E-state index in [2.05, 4.69) is 24.1 Å². The molecule has 1 N–H and O–H groups in total. The summed E-state index contributed by atoms with van der Waals surface area (Å²) in [6, 6.07) is 0.769. The highest BCUT2D eigenvalue weighted by molar-refractivity contribution is 4.72. The van der Waals surface area contributed by atoms with Crippen LogP contribution in [0.5, 0.6) is 0 Å². The monoisotopic (exact) mass is 270 g/mol. The Hall–Kier alpha value is -0.120. The minimum Gasteiger partial charge on any atom is -0.383 e. The van der Waals surface area contributed by atoms with E-state index in [9.17, 15) is 0 Å². The van der Waals surface area contributed by atoms with Gasteiger partial charge in [0, 0.05) is 39.3 Å². The van der Waals surface area contributed by atoms with Crippen LogP contribution in [0.2, 0.25) is 0 Å². The summed E-state index contributed by atoms with van der Waals surface area (Å²) < 4.78 is 5.20. The molecule has 3 nitrogen and oxygen atoms in total. The van der Waals surface area contributed by atoms with E-state index in [1.165, 1.54) is 45.1 Å². The van der Waals surface area contributed by atoms with Gasteiger partial charge >= 0.3 is 0 Å². The molecular formula is C16H34N2O. The Kier molecular flexibility index (Phi) is 9.48. The average molecular weight is 270 g/mol. The van der Waals surface area contributed by atoms with Crippen molar-refractivity contribution in [3.63, 3.8) is 0 Å². The minimum atomic E-state index is 0.731. The first kappa shape index (κ1) is 16.9. The maximum atomic E-state index is 5.20. The number of hydrogen-bond acceptors (Lipinski definition) is 3. The topological polar surface area (TPSA) is 24.5 Å². The minimum absolute atomic E-state index is 0.731. The predicted octanol–water partition coefficient (Wildman–Crippen LogP) is 2.90. The first-order chi connectivity index (χ1) is 9.22. The quantitative estimate of drug-likeness (QED) is 0.652. The molecule has 0 radical (unpaired) electrons. The van der Waals surface area contributed by atoms with Gasteiger partial charge in [-0.05, 0) is 18.8 Å². The molecule has 0 amide bonds. The number of ether oxygens (including phenoxy) is 1. The molecule has 1 fully saturated rings. The van der Waals surface area contributed by atoms with Gasteiger partial charge in [-0.25, -0.2) is 0 Å². The summed E-state index contributed by atoms with van der Waals surface area (Å²) in [5, 5.41) is 3.76. The summed E-state index contributed by atoms with van der Waals surface area (Å²) in [4.78, 5) is 2.53. The smallest absolute Gasteiger partial charge is 0.0589 e. The lowest BCUT2D eigenvalue weighted by molar-refractivity contribution is 0.139. The molecule has 3 heteroatoms. The standard InChI is InChI=1S/C16H34N2O/c1-15(2)14-18(12-13-19-3)11-10-17-16-8-6-4-5-7-9-16/h15-17H,4-14H2,1-3H3. The number of nitrogens with zero attached hydrogens (tertiary/aromatic N) is 1. The Bertz CT molecular complexity index is 201. The van der Waals surface area contributed by atoms with Crippen molar-refractivity contribution < 1.29 is 4.74 Å². The van der Waals surface area contributed by atoms with Gasteiger partial charge in [0.1, 0.15) is 0 Å².